The SMILES string of the molecule is COc1ccc(-n2cc(C(F)(F)F)nn2)cc1. The highest BCUT2D eigenvalue weighted by atomic mass is 19.4. The van der Waals surface area contributed by atoms with Gasteiger partial charge in [0, 0.05) is 0 Å². The van der Waals surface area contributed by atoms with Crippen molar-refractivity contribution >= 4 is 0 Å². The van der Waals surface area contributed by atoms with E-state index in [-0.39, 0.29) is 0 Å². The van der Waals surface area contributed by atoms with Gasteiger partial charge in [0.25, 0.3) is 0 Å². The molecule has 0 aliphatic heterocycles. The second kappa shape index (κ2) is 4.08. The van der Waals surface area contributed by atoms with Gasteiger partial charge in [-0.1, -0.05) is 5.21 Å². The van der Waals surface area contributed by atoms with Gasteiger partial charge < -0.3 is 4.74 Å². The molecule has 90 valence electrons. The van der Waals surface area contributed by atoms with Gasteiger partial charge in [-0.2, -0.15) is 13.2 Å². The van der Waals surface area contributed by atoms with Crippen LogP contribution in [0.2, 0.25) is 0 Å². The zero-order chi connectivity index (χ0) is 12.5. The summed E-state index contributed by atoms with van der Waals surface area (Å²) in [5.74, 6) is 0.616. The van der Waals surface area contributed by atoms with Gasteiger partial charge >= 0.3 is 6.18 Å². The van der Waals surface area contributed by atoms with E-state index < -0.39 is 11.9 Å². The van der Waals surface area contributed by atoms with E-state index >= 15 is 0 Å². The van der Waals surface area contributed by atoms with E-state index in [1.807, 2.05) is 0 Å². The predicted octanol–water partition coefficient (Wildman–Crippen LogP) is 2.29. The maximum absolute atomic E-state index is 12.3. The Hall–Kier alpha value is -2.05. The topological polar surface area (TPSA) is 39.9 Å². The zero-order valence-electron chi connectivity index (χ0n) is 8.77. The van der Waals surface area contributed by atoms with Crippen molar-refractivity contribution in [3.63, 3.8) is 0 Å². The van der Waals surface area contributed by atoms with Crippen molar-refractivity contribution in [2.45, 2.75) is 6.18 Å². The van der Waals surface area contributed by atoms with E-state index in [4.69, 9.17) is 4.74 Å². The maximum Gasteiger partial charge on any atom is 0.436 e. The lowest BCUT2D eigenvalue weighted by atomic mass is 10.3. The molecule has 17 heavy (non-hydrogen) atoms. The molecule has 1 heterocycles. The molecule has 1 aromatic heterocycles. The molecule has 0 amide bonds. The summed E-state index contributed by atoms with van der Waals surface area (Å²) >= 11 is 0. The van der Waals surface area contributed by atoms with E-state index in [9.17, 15) is 13.2 Å². The van der Waals surface area contributed by atoms with Crippen LogP contribution in [-0.2, 0) is 6.18 Å². The smallest absolute Gasteiger partial charge is 0.436 e. The number of methoxy groups -OCH3 is 1. The van der Waals surface area contributed by atoms with Crippen LogP contribution in [0.1, 0.15) is 5.69 Å². The Balaban J connectivity index is 2.30. The van der Waals surface area contributed by atoms with Crippen molar-refractivity contribution in [2.75, 3.05) is 7.11 Å². The maximum atomic E-state index is 12.3. The molecular formula is C10H8F3N3O. The number of hydrogen-bond acceptors (Lipinski definition) is 3. The number of rotatable bonds is 2. The summed E-state index contributed by atoms with van der Waals surface area (Å²) in [7, 11) is 1.51. The van der Waals surface area contributed by atoms with Crippen LogP contribution < -0.4 is 4.74 Å². The lowest BCUT2D eigenvalue weighted by Gasteiger charge is -2.02. The fourth-order valence-electron chi connectivity index (χ4n) is 1.25. The van der Waals surface area contributed by atoms with Gasteiger partial charge in [0.2, 0.25) is 0 Å². The molecule has 0 aliphatic carbocycles. The molecule has 0 saturated carbocycles. The average molecular weight is 243 g/mol. The van der Waals surface area contributed by atoms with Crippen LogP contribution in [-0.4, -0.2) is 22.1 Å². The van der Waals surface area contributed by atoms with E-state index in [2.05, 4.69) is 10.3 Å². The van der Waals surface area contributed by atoms with Crippen molar-refractivity contribution in [1.29, 1.82) is 0 Å². The van der Waals surface area contributed by atoms with Crippen molar-refractivity contribution in [2.24, 2.45) is 0 Å². The largest absolute Gasteiger partial charge is 0.497 e. The normalized spacial score (nSPS) is 11.5. The summed E-state index contributed by atoms with van der Waals surface area (Å²) in [5.41, 5.74) is -0.540. The first-order valence-electron chi connectivity index (χ1n) is 4.64. The summed E-state index contributed by atoms with van der Waals surface area (Å²) in [5, 5.41) is 6.48. The molecule has 2 aromatic rings. The van der Waals surface area contributed by atoms with Crippen molar-refractivity contribution in [3.8, 4) is 11.4 Å². The van der Waals surface area contributed by atoms with Gasteiger partial charge in [0.15, 0.2) is 5.69 Å². The molecule has 0 radical (unpaired) electrons. The van der Waals surface area contributed by atoms with Crippen LogP contribution in [0.3, 0.4) is 0 Å². The Labute approximate surface area is 94.6 Å². The summed E-state index contributed by atoms with van der Waals surface area (Å²) in [6.45, 7) is 0. The third kappa shape index (κ3) is 2.38. The Morgan fingerprint density at radius 2 is 1.82 bits per heavy atom. The number of hydrogen-bond donors (Lipinski definition) is 0. The molecular weight excluding hydrogens is 235 g/mol. The number of benzene rings is 1. The fraction of sp³-hybridized carbons (Fsp3) is 0.200. The average Bonchev–Trinajstić information content (AvgIpc) is 2.78. The number of aromatic nitrogens is 3. The minimum Gasteiger partial charge on any atom is -0.497 e. The predicted molar refractivity (Wildman–Crippen MR) is 52.9 cm³/mol. The summed E-state index contributed by atoms with van der Waals surface area (Å²) < 4.78 is 42.9. The molecule has 0 unspecified atom stereocenters. The number of ether oxygens (including phenoxy) is 1. The van der Waals surface area contributed by atoms with Crippen molar-refractivity contribution in [1.82, 2.24) is 15.0 Å². The first kappa shape index (κ1) is 11.4. The highest BCUT2D eigenvalue weighted by Crippen LogP contribution is 2.27. The Kier molecular flexibility index (Phi) is 2.74. The van der Waals surface area contributed by atoms with Gasteiger partial charge in [-0.05, 0) is 24.3 Å². The molecule has 0 fully saturated rings. The molecule has 0 aliphatic rings. The fourth-order valence-corrected chi connectivity index (χ4v) is 1.25. The Bertz CT molecular complexity index is 504. The van der Waals surface area contributed by atoms with Crippen LogP contribution in [0.25, 0.3) is 5.69 Å². The molecule has 1 aromatic carbocycles. The lowest BCUT2D eigenvalue weighted by molar-refractivity contribution is -0.141. The molecule has 0 N–H and O–H groups in total. The monoisotopic (exact) mass is 243 g/mol. The number of nitrogens with zero attached hydrogens (tertiary/aromatic N) is 3. The van der Waals surface area contributed by atoms with Gasteiger partial charge in [0.1, 0.15) is 5.75 Å². The third-order valence-corrected chi connectivity index (χ3v) is 2.12. The third-order valence-electron chi connectivity index (χ3n) is 2.12. The van der Waals surface area contributed by atoms with Crippen LogP contribution in [0.15, 0.2) is 30.5 Å². The molecule has 4 nitrogen and oxygen atoms in total. The number of alkyl halides is 3. The van der Waals surface area contributed by atoms with Crippen LogP contribution in [0, 0.1) is 0 Å². The molecule has 0 bridgehead atoms. The van der Waals surface area contributed by atoms with Crippen molar-refractivity contribution < 1.29 is 17.9 Å². The van der Waals surface area contributed by atoms with Gasteiger partial charge in [-0.15, -0.1) is 5.10 Å². The summed E-state index contributed by atoms with van der Waals surface area (Å²) in [6, 6.07) is 6.44. The number of halogens is 3. The quantitative estimate of drug-likeness (QED) is 0.812. The van der Waals surface area contributed by atoms with E-state index in [0.717, 1.165) is 10.9 Å². The second-order valence-electron chi connectivity index (χ2n) is 3.24. The molecule has 0 spiro atoms. The van der Waals surface area contributed by atoms with Crippen molar-refractivity contribution in [3.05, 3.63) is 36.2 Å². The van der Waals surface area contributed by atoms with Gasteiger partial charge in [-0.3, -0.25) is 0 Å². The second-order valence-corrected chi connectivity index (χ2v) is 3.24. The molecule has 2 rings (SSSR count). The van der Waals surface area contributed by atoms with Crippen LogP contribution >= 0.6 is 0 Å². The van der Waals surface area contributed by atoms with E-state index in [0.29, 0.717) is 11.4 Å². The Morgan fingerprint density at radius 3 is 2.29 bits per heavy atom. The highest BCUT2D eigenvalue weighted by molar-refractivity contribution is 5.36. The van der Waals surface area contributed by atoms with Gasteiger partial charge in [-0.25, -0.2) is 4.68 Å². The standard InChI is InChI=1S/C10H8F3N3O/c1-17-8-4-2-7(3-5-8)16-6-9(14-15-16)10(11,12)13/h2-6H,1H3. The minimum atomic E-state index is -4.48. The highest BCUT2D eigenvalue weighted by Gasteiger charge is 2.34. The summed E-state index contributed by atoms with van der Waals surface area (Å²) in [6.07, 6.45) is -3.65. The minimum absolute atomic E-state index is 0.480. The van der Waals surface area contributed by atoms with Crippen LogP contribution in [0.4, 0.5) is 13.2 Å². The van der Waals surface area contributed by atoms with E-state index in [1.54, 1.807) is 24.3 Å². The Morgan fingerprint density at radius 1 is 1.18 bits per heavy atom. The zero-order valence-corrected chi connectivity index (χ0v) is 8.77. The first-order chi connectivity index (χ1) is 8.00. The molecule has 0 atom stereocenters. The molecule has 7 heteroatoms. The van der Waals surface area contributed by atoms with E-state index in [1.165, 1.54) is 7.11 Å². The first-order valence-corrected chi connectivity index (χ1v) is 4.64. The summed E-state index contributed by atoms with van der Waals surface area (Å²) in [4.78, 5) is 0. The molecule has 0 saturated heterocycles. The van der Waals surface area contributed by atoms with Crippen LogP contribution in [0.5, 0.6) is 5.75 Å². The lowest BCUT2D eigenvalue weighted by Crippen LogP contribution is -2.04. The van der Waals surface area contributed by atoms with Gasteiger partial charge in [0.05, 0.1) is 19.0 Å².